The van der Waals surface area contributed by atoms with Gasteiger partial charge in [-0.1, -0.05) is 0 Å². The molecule has 2 amide bonds. The summed E-state index contributed by atoms with van der Waals surface area (Å²) in [6.07, 6.45) is -0.188. The first-order valence-electron chi connectivity index (χ1n) is 6.94. The second kappa shape index (κ2) is 8.00. The van der Waals surface area contributed by atoms with Crippen molar-refractivity contribution in [3.8, 4) is 11.8 Å². The third-order valence-corrected chi connectivity index (χ3v) is 3.10. The van der Waals surface area contributed by atoms with Crippen LogP contribution in [0.4, 0.5) is 5.69 Å². The van der Waals surface area contributed by atoms with E-state index in [1.54, 1.807) is 35.2 Å². The van der Waals surface area contributed by atoms with Crippen LogP contribution < -0.4 is 10.1 Å². The lowest BCUT2D eigenvalue weighted by molar-refractivity contribution is -0.137. The number of morpholine rings is 1. The van der Waals surface area contributed by atoms with Crippen molar-refractivity contribution in [3.63, 3.8) is 0 Å². The number of carbonyl (C=O) groups is 2. The van der Waals surface area contributed by atoms with Crippen LogP contribution in [0.1, 0.15) is 6.42 Å². The number of anilines is 1. The number of benzene rings is 1. The van der Waals surface area contributed by atoms with Crippen LogP contribution >= 0.6 is 0 Å². The number of nitrogens with one attached hydrogen (secondary N) is 1. The Hall–Kier alpha value is -2.59. The first-order valence-corrected chi connectivity index (χ1v) is 6.94. The number of nitrogens with zero attached hydrogens (tertiary/aromatic N) is 2. The van der Waals surface area contributed by atoms with Gasteiger partial charge in [-0.15, -0.1) is 0 Å². The van der Waals surface area contributed by atoms with E-state index in [2.05, 4.69) is 5.32 Å². The van der Waals surface area contributed by atoms with E-state index in [1.807, 2.05) is 0 Å². The Kier molecular flexibility index (Phi) is 5.74. The predicted octanol–water partition coefficient (Wildman–Crippen LogP) is 0.776. The molecule has 1 aliphatic rings. The fourth-order valence-corrected chi connectivity index (χ4v) is 1.96. The van der Waals surface area contributed by atoms with Crippen molar-refractivity contribution in [2.75, 3.05) is 38.2 Å². The molecule has 0 aromatic heterocycles. The Balaban J connectivity index is 1.79. The van der Waals surface area contributed by atoms with Crippen LogP contribution in [0.2, 0.25) is 0 Å². The average Bonchev–Trinajstić information content (AvgIpc) is 2.55. The van der Waals surface area contributed by atoms with Gasteiger partial charge in [0.05, 0.1) is 19.3 Å². The van der Waals surface area contributed by atoms with Gasteiger partial charge in [0.15, 0.2) is 6.61 Å². The summed E-state index contributed by atoms with van der Waals surface area (Å²) in [4.78, 5) is 24.9. The van der Waals surface area contributed by atoms with Crippen molar-refractivity contribution in [1.82, 2.24) is 4.90 Å². The molecule has 116 valence electrons. The Morgan fingerprint density at radius 3 is 2.59 bits per heavy atom. The number of ether oxygens (including phenoxy) is 2. The summed E-state index contributed by atoms with van der Waals surface area (Å²) < 4.78 is 10.6. The van der Waals surface area contributed by atoms with Crippen LogP contribution in [0, 0.1) is 11.3 Å². The van der Waals surface area contributed by atoms with Gasteiger partial charge >= 0.3 is 0 Å². The molecule has 1 aromatic carbocycles. The molecule has 0 atom stereocenters. The largest absolute Gasteiger partial charge is 0.484 e. The highest BCUT2D eigenvalue weighted by Crippen LogP contribution is 2.16. The zero-order valence-electron chi connectivity index (χ0n) is 12.1. The van der Waals surface area contributed by atoms with E-state index in [0.29, 0.717) is 37.7 Å². The smallest absolute Gasteiger partial charge is 0.260 e. The van der Waals surface area contributed by atoms with Crippen LogP contribution in [0.3, 0.4) is 0 Å². The molecule has 0 bridgehead atoms. The van der Waals surface area contributed by atoms with Crippen molar-refractivity contribution < 1.29 is 19.1 Å². The molecule has 1 saturated heterocycles. The minimum absolute atomic E-state index is 0.0276. The Morgan fingerprint density at radius 1 is 1.27 bits per heavy atom. The number of hydrogen-bond acceptors (Lipinski definition) is 5. The van der Waals surface area contributed by atoms with Crippen LogP contribution in [-0.4, -0.2) is 49.6 Å². The molecular weight excluding hydrogens is 286 g/mol. The Labute approximate surface area is 128 Å². The van der Waals surface area contributed by atoms with Crippen LogP contribution in [0.5, 0.6) is 5.75 Å². The fraction of sp³-hybridized carbons (Fsp3) is 0.400. The summed E-state index contributed by atoms with van der Waals surface area (Å²) in [5.41, 5.74) is 0.576. The summed E-state index contributed by atoms with van der Waals surface area (Å²) in [7, 11) is 0. The van der Waals surface area contributed by atoms with Gasteiger partial charge in [0.2, 0.25) is 5.91 Å². The number of hydrogen-bond donors (Lipinski definition) is 1. The standard InChI is InChI=1S/C15H17N3O4/c16-6-5-14(19)17-12-1-3-13(4-2-12)22-11-15(20)18-7-9-21-10-8-18/h1-4H,5,7-11H2,(H,17,19). The summed E-state index contributed by atoms with van der Waals surface area (Å²) in [6.45, 7) is 2.27. The summed E-state index contributed by atoms with van der Waals surface area (Å²) in [5.74, 6) is 0.105. The van der Waals surface area contributed by atoms with Crippen LogP contribution in [0.15, 0.2) is 24.3 Å². The number of nitriles is 1. The molecule has 7 nitrogen and oxygen atoms in total. The third kappa shape index (κ3) is 4.75. The monoisotopic (exact) mass is 303 g/mol. The van der Waals surface area contributed by atoms with E-state index in [1.165, 1.54) is 0 Å². The lowest BCUT2D eigenvalue weighted by Gasteiger charge is -2.26. The predicted molar refractivity (Wildman–Crippen MR) is 78.2 cm³/mol. The minimum Gasteiger partial charge on any atom is -0.484 e. The second-order valence-corrected chi connectivity index (χ2v) is 4.69. The molecule has 7 heteroatoms. The van der Waals surface area contributed by atoms with E-state index >= 15 is 0 Å². The molecule has 0 aliphatic carbocycles. The first kappa shape index (κ1) is 15.8. The molecule has 1 fully saturated rings. The van der Waals surface area contributed by atoms with Crippen molar-refractivity contribution in [2.45, 2.75) is 6.42 Å². The zero-order valence-corrected chi connectivity index (χ0v) is 12.1. The van der Waals surface area contributed by atoms with Crippen LogP contribution in [0.25, 0.3) is 0 Å². The number of rotatable bonds is 5. The van der Waals surface area contributed by atoms with E-state index in [0.717, 1.165) is 0 Å². The van der Waals surface area contributed by atoms with Crippen molar-refractivity contribution in [3.05, 3.63) is 24.3 Å². The second-order valence-electron chi connectivity index (χ2n) is 4.69. The molecule has 2 rings (SSSR count). The molecule has 22 heavy (non-hydrogen) atoms. The number of carbonyl (C=O) groups excluding carboxylic acids is 2. The maximum atomic E-state index is 11.9. The average molecular weight is 303 g/mol. The molecule has 1 heterocycles. The van der Waals surface area contributed by atoms with E-state index in [-0.39, 0.29) is 24.8 Å². The SMILES string of the molecule is N#CCC(=O)Nc1ccc(OCC(=O)N2CCOCC2)cc1. The molecule has 0 radical (unpaired) electrons. The fourth-order valence-electron chi connectivity index (χ4n) is 1.96. The zero-order chi connectivity index (χ0) is 15.8. The lowest BCUT2D eigenvalue weighted by Crippen LogP contribution is -2.42. The lowest BCUT2D eigenvalue weighted by atomic mass is 10.3. The normalized spacial score (nSPS) is 14.0. The highest BCUT2D eigenvalue weighted by atomic mass is 16.5. The van der Waals surface area contributed by atoms with Crippen LogP contribution in [-0.2, 0) is 14.3 Å². The third-order valence-electron chi connectivity index (χ3n) is 3.10. The summed E-state index contributed by atoms with van der Waals surface area (Å²) in [6, 6.07) is 8.41. The van der Waals surface area contributed by atoms with Gasteiger partial charge in [-0.3, -0.25) is 9.59 Å². The highest BCUT2D eigenvalue weighted by Gasteiger charge is 2.17. The molecule has 1 N–H and O–H groups in total. The maximum Gasteiger partial charge on any atom is 0.260 e. The van der Waals surface area contributed by atoms with E-state index in [4.69, 9.17) is 14.7 Å². The van der Waals surface area contributed by atoms with Gasteiger partial charge in [0.1, 0.15) is 12.2 Å². The molecule has 1 aromatic rings. The van der Waals surface area contributed by atoms with Gasteiger partial charge in [-0.2, -0.15) is 5.26 Å². The van der Waals surface area contributed by atoms with Crippen molar-refractivity contribution >= 4 is 17.5 Å². The van der Waals surface area contributed by atoms with Gasteiger partial charge in [0, 0.05) is 18.8 Å². The van der Waals surface area contributed by atoms with Gasteiger partial charge < -0.3 is 19.7 Å². The minimum atomic E-state index is -0.362. The highest BCUT2D eigenvalue weighted by molar-refractivity contribution is 5.92. The van der Waals surface area contributed by atoms with Gasteiger partial charge in [0.25, 0.3) is 5.91 Å². The van der Waals surface area contributed by atoms with Crippen molar-refractivity contribution in [1.29, 1.82) is 5.26 Å². The molecule has 1 aliphatic heterocycles. The topological polar surface area (TPSA) is 91.7 Å². The Morgan fingerprint density at radius 2 is 1.95 bits per heavy atom. The summed E-state index contributed by atoms with van der Waals surface area (Å²) in [5, 5.41) is 11.0. The van der Waals surface area contributed by atoms with Gasteiger partial charge in [-0.05, 0) is 24.3 Å². The molecular formula is C15H17N3O4. The Bertz CT molecular complexity index is 559. The van der Waals surface area contributed by atoms with E-state index in [9.17, 15) is 9.59 Å². The van der Waals surface area contributed by atoms with Gasteiger partial charge in [-0.25, -0.2) is 0 Å². The number of amides is 2. The quantitative estimate of drug-likeness (QED) is 0.867. The molecule has 0 unspecified atom stereocenters. The maximum absolute atomic E-state index is 11.9. The molecule has 0 spiro atoms. The molecule has 0 saturated carbocycles. The summed E-state index contributed by atoms with van der Waals surface area (Å²) >= 11 is 0. The van der Waals surface area contributed by atoms with Crippen molar-refractivity contribution in [2.24, 2.45) is 0 Å². The van der Waals surface area contributed by atoms with E-state index < -0.39 is 0 Å². The first-order chi connectivity index (χ1) is 10.7.